The number of anilines is 2. The van der Waals surface area contributed by atoms with Crippen LogP contribution in [0.3, 0.4) is 0 Å². The van der Waals surface area contributed by atoms with Gasteiger partial charge in [-0.25, -0.2) is 14.4 Å². The highest BCUT2D eigenvalue weighted by molar-refractivity contribution is 6.40. The van der Waals surface area contributed by atoms with Gasteiger partial charge in [-0.05, 0) is 19.1 Å². The van der Waals surface area contributed by atoms with Gasteiger partial charge in [-0.2, -0.15) is 0 Å². The number of halogens is 3. The lowest BCUT2D eigenvalue weighted by molar-refractivity contribution is 0.102. The van der Waals surface area contributed by atoms with Crippen molar-refractivity contribution in [1.29, 1.82) is 0 Å². The molecule has 2 N–H and O–H groups in total. The average molecular weight is 329 g/mol. The van der Waals surface area contributed by atoms with Gasteiger partial charge in [0.15, 0.2) is 0 Å². The van der Waals surface area contributed by atoms with Crippen LogP contribution in [0.25, 0.3) is 0 Å². The van der Waals surface area contributed by atoms with Gasteiger partial charge in [-0.3, -0.25) is 4.79 Å². The first-order valence-corrected chi connectivity index (χ1v) is 6.78. The van der Waals surface area contributed by atoms with Gasteiger partial charge in [0.1, 0.15) is 17.3 Å². The van der Waals surface area contributed by atoms with Crippen molar-refractivity contribution in [1.82, 2.24) is 9.97 Å². The third-order valence-corrected chi connectivity index (χ3v) is 3.08. The first kappa shape index (κ1) is 15.5. The van der Waals surface area contributed by atoms with Crippen molar-refractivity contribution in [3.05, 3.63) is 46.1 Å². The van der Waals surface area contributed by atoms with E-state index < -0.39 is 11.7 Å². The summed E-state index contributed by atoms with van der Waals surface area (Å²) in [6, 6.07) is 2.12. The van der Waals surface area contributed by atoms with Gasteiger partial charge in [0.05, 0.1) is 28.1 Å². The first-order chi connectivity index (χ1) is 10.0. The summed E-state index contributed by atoms with van der Waals surface area (Å²) >= 11 is 11.7. The highest BCUT2D eigenvalue weighted by Gasteiger charge is 2.14. The Labute approximate surface area is 130 Å². The number of hydrogen-bond acceptors (Lipinski definition) is 4. The number of nitrogens with one attached hydrogen (secondary N) is 2. The summed E-state index contributed by atoms with van der Waals surface area (Å²) in [4.78, 5) is 20.0. The van der Waals surface area contributed by atoms with E-state index in [9.17, 15) is 9.18 Å². The van der Waals surface area contributed by atoms with Gasteiger partial charge in [0.25, 0.3) is 5.91 Å². The summed E-state index contributed by atoms with van der Waals surface area (Å²) < 4.78 is 13.1. The van der Waals surface area contributed by atoms with Crippen molar-refractivity contribution >= 4 is 40.6 Å². The molecule has 21 heavy (non-hydrogen) atoms. The van der Waals surface area contributed by atoms with E-state index >= 15 is 0 Å². The molecule has 0 spiro atoms. The molecule has 0 aliphatic carbocycles. The van der Waals surface area contributed by atoms with Crippen molar-refractivity contribution in [3.63, 3.8) is 0 Å². The number of benzene rings is 1. The van der Waals surface area contributed by atoms with Gasteiger partial charge in [0, 0.05) is 6.54 Å². The Balaban J connectivity index is 2.18. The topological polar surface area (TPSA) is 66.9 Å². The smallest absolute Gasteiger partial charge is 0.275 e. The Kier molecular flexibility index (Phi) is 4.93. The Morgan fingerprint density at radius 1 is 1.24 bits per heavy atom. The molecule has 8 heteroatoms. The highest BCUT2D eigenvalue weighted by atomic mass is 35.5. The van der Waals surface area contributed by atoms with Crippen molar-refractivity contribution in [2.24, 2.45) is 0 Å². The third-order valence-electron chi connectivity index (χ3n) is 2.49. The van der Waals surface area contributed by atoms with Crippen LogP contribution in [-0.2, 0) is 0 Å². The molecule has 0 aliphatic rings. The quantitative estimate of drug-likeness (QED) is 0.899. The zero-order valence-electron chi connectivity index (χ0n) is 11.0. The summed E-state index contributed by atoms with van der Waals surface area (Å²) in [6.45, 7) is 2.61. The predicted octanol–water partition coefficient (Wildman–Crippen LogP) is 3.61. The summed E-state index contributed by atoms with van der Waals surface area (Å²) in [6.07, 6.45) is 2.75. The van der Waals surface area contributed by atoms with Crippen LogP contribution in [-0.4, -0.2) is 22.4 Å². The van der Waals surface area contributed by atoms with Crippen molar-refractivity contribution in [2.75, 3.05) is 17.2 Å². The molecule has 5 nitrogen and oxygen atoms in total. The predicted molar refractivity (Wildman–Crippen MR) is 80.6 cm³/mol. The van der Waals surface area contributed by atoms with E-state index in [0.717, 1.165) is 12.1 Å². The van der Waals surface area contributed by atoms with E-state index in [1.165, 1.54) is 12.4 Å². The normalized spacial score (nSPS) is 10.3. The lowest BCUT2D eigenvalue weighted by atomic mass is 10.3. The summed E-state index contributed by atoms with van der Waals surface area (Å²) in [5.74, 6) is -0.564. The molecule has 0 saturated heterocycles. The van der Waals surface area contributed by atoms with E-state index in [4.69, 9.17) is 23.2 Å². The van der Waals surface area contributed by atoms with Crippen molar-refractivity contribution in [2.45, 2.75) is 6.92 Å². The van der Waals surface area contributed by atoms with E-state index in [-0.39, 0.29) is 21.4 Å². The van der Waals surface area contributed by atoms with E-state index in [2.05, 4.69) is 20.6 Å². The van der Waals surface area contributed by atoms with Gasteiger partial charge in [0.2, 0.25) is 0 Å². The van der Waals surface area contributed by atoms with E-state index in [0.29, 0.717) is 12.4 Å². The molecular weight excluding hydrogens is 318 g/mol. The minimum Gasteiger partial charge on any atom is -0.369 e. The minimum absolute atomic E-state index is 0.00517. The molecule has 0 radical (unpaired) electrons. The Hall–Kier alpha value is -1.92. The minimum atomic E-state index is -0.585. The monoisotopic (exact) mass is 328 g/mol. The van der Waals surface area contributed by atoms with Crippen LogP contribution in [0.5, 0.6) is 0 Å². The maximum Gasteiger partial charge on any atom is 0.275 e. The molecule has 1 heterocycles. The molecule has 1 amide bonds. The Morgan fingerprint density at radius 3 is 2.43 bits per heavy atom. The molecule has 0 unspecified atom stereocenters. The number of rotatable bonds is 4. The fraction of sp³-hybridized carbons (Fsp3) is 0.154. The standard InChI is InChI=1S/C13H11Cl2FN4O/c1-2-17-11-6-18-10(5-19-11)13(21)20-12-8(14)3-7(16)4-9(12)15/h3-6H,2H2,1H3,(H,17,19)(H,20,21). The lowest BCUT2D eigenvalue weighted by Gasteiger charge is -2.09. The number of amides is 1. The zero-order chi connectivity index (χ0) is 15.4. The second-order valence-corrected chi connectivity index (χ2v) is 4.83. The molecule has 0 atom stereocenters. The van der Waals surface area contributed by atoms with Crippen LogP contribution < -0.4 is 10.6 Å². The molecule has 0 fully saturated rings. The molecule has 1 aromatic heterocycles. The second kappa shape index (κ2) is 6.69. The largest absolute Gasteiger partial charge is 0.369 e. The van der Waals surface area contributed by atoms with Crippen LogP contribution in [0.2, 0.25) is 10.0 Å². The molecule has 110 valence electrons. The maximum atomic E-state index is 13.1. The molecular formula is C13H11Cl2FN4O. The van der Waals surface area contributed by atoms with Crippen LogP contribution in [0.1, 0.15) is 17.4 Å². The van der Waals surface area contributed by atoms with E-state index in [1.807, 2.05) is 6.92 Å². The van der Waals surface area contributed by atoms with E-state index in [1.54, 1.807) is 0 Å². The first-order valence-electron chi connectivity index (χ1n) is 6.03. The fourth-order valence-corrected chi connectivity index (χ4v) is 2.11. The summed E-state index contributed by atoms with van der Waals surface area (Å²) in [5, 5.41) is 5.45. The van der Waals surface area contributed by atoms with Gasteiger partial charge >= 0.3 is 0 Å². The molecule has 1 aromatic carbocycles. The third kappa shape index (κ3) is 3.80. The number of carbonyl (C=O) groups is 1. The van der Waals surface area contributed by atoms with Crippen LogP contribution in [0, 0.1) is 5.82 Å². The summed E-state index contributed by atoms with van der Waals surface area (Å²) in [7, 11) is 0. The number of carbonyl (C=O) groups excluding carboxylic acids is 1. The highest BCUT2D eigenvalue weighted by Crippen LogP contribution is 2.31. The van der Waals surface area contributed by atoms with Crippen LogP contribution in [0.4, 0.5) is 15.9 Å². The zero-order valence-corrected chi connectivity index (χ0v) is 12.5. The van der Waals surface area contributed by atoms with Crippen LogP contribution in [0.15, 0.2) is 24.5 Å². The molecule has 0 saturated carbocycles. The molecule has 0 aliphatic heterocycles. The average Bonchev–Trinajstić information content (AvgIpc) is 2.43. The second-order valence-electron chi connectivity index (χ2n) is 4.02. The number of hydrogen-bond donors (Lipinski definition) is 2. The lowest BCUT2D eigenvalue weighted by Crippen LogP contribution is -2.15. The number of nitrogens with zero attached hydrogens (tertiary/aromatic N) is 2. The van der Waals surface area contributed by atoms with Crippen LogP contribution >= 0.6 is 23.2 Å². The Morgan fingerprint density at radius 2 is 1.90 bits per heavy atom. The SMILES string of the molecule is CCNc1cnc(C(=O)Nc2c(Cl)cc(F)cc2Cl)cn1. The van der Waals surface area contributed by atoms with Gasteiger partial charge in [-0.1, -0.05) is 23.2 Å². The molecule has 2 aromatic rings. The van der Waals surface area contributed by atoms with Gasteiger partial charge in [-0.15, -0.1) is 0 Å². The Bertz CT molecular complexity index is 641. The van der Waals surface area contributed by atoms with Gasteiger partial charge < -0.3 is 10.6 Å². The fourth-order valence-electron chi connectivity index (χ4n) is 1.56. The molecule has 2 rings (SSSR count). The van der Waals surface area contributed by atoms with Crippen molar-refractivity contribution in [3.8, 4) is 0 Å². The number of aromatic nitrogens is 2. The molecule has 0 bridgehead atoms. The maximum absolute atomic E-state index is 13.1. The summed E-state index contributed by atoms with van der Waals surface area (Å²) in [5.41, 5.74) is 0.218. The van der Waals surface area contributed by atoms with Crippen molar-refractivity contribution < 1.29 is 9.18 Å².